The first kappa shape index (κ1) is 20.2. The third kappa shape index (κ3) is 3.43. The zero-order valence-corrected chi connectivity index (χ0v) is 17.0. The Morgan fingerprint density at radius 1 is 1.06 bits per heavy atom. The van der Waals surface area contributed by atoms with E-state index in [0.29, 0.717) is 22.9 Å². The highest BCUT2D eigenvalue weighted by Crippen LogP contribution is 2.51. The van der Waals surface area contributed by atoms with Gasteiger partial charge in [0.25, 0.3) is 0 Å². The van der Waals surface area contributed by atoms with E-state index in [0.717, 1.165) is 43.6 Å². The topological polar surface area (TPSA) is 87.0 Å². The second-order valence-corrected chi connectivity index (χ2v) is 8.48. The Morgan fingerprint density at radius 3 is 2.45 bits per heavy atom. The third-order valence-electron chi connectivity index (χ3n) is 6.71. The van der Waals surface area contributed by atoms with Crippen molar-refractivity contribution in [3.63, 3.8) is 0 Å². The lowest BCUT2D eigenvalue weighted by Crippen LogP contribution is -2.66. The van der Waals surface area contributed by atoms with E-state index in [-0.39, 0.29) is 18.1 Å². The van der Waals surface area contributed by atoms with Crippen molar-refractivity contribution in [2.75, 3.05) is 25.0 Å². The second-order valence-electron chi connectivity index (χ2n) is 8.48. The minimum atomic E-state index is -4.37. The molecular formula is C21H24F3N7. The van der Waals surface area contributed by atoms with Gasteiger partial charge < -0.3 is 20.5 Å². The van der Waals surface area contributed by atoms with Crippen molar-refractivity contribution in [2.45, 2.75) is 31.2 Å². The summed E-state index contributed by atoms with van der Waals surface area (Å²) in [6.07, 6.45) is 0.374. The van der Waals surface area contributed by atoms with Crippen LogP contribution in [-0.4, -0.2) is 51.1 Å². The van der Waals surface area contributed by atoms with E-state index in [1.54, 1.807) is 18.5 Å². The number of aromatic amines is 1. The SMILES string of the molecule is CN1CCC(C2C(N)N(c3ncnc4[nH]cnc34)C2c2ccc(C(F)(F)F)cc2)CC1. The van der Waals surface area contributed by atoms with Gasteiger partial charge in [-0.3, -0.25) is 0 Å². The number of alkyl halides is 3. The molecule has 3 N–H and O–H groups in total. The molecule has 2 aliphatic rings. The quantitative estimate of drug-likeness (QED) is 0.663. The van der Waals surface area contributed by atoms with Crippen molar-refractivity contribution in [3.8, 4) is 0 Å². The molecule has 0 amide bonds. The number of hydrogen-bond acceptors (Lipinski definition) is 6. The number of nitrogens with two attached hydrogens (primary N) is 1. The molecule has 0 bridgehead atoms. The lowest BCUT2D eigenvalue weighted by molar-refractivity contribution is -0.137. The lowest BCUT2D eigenvalue weighted by Gasteiger charge is -2.58. The van der Waals surface area contributed by atoms with Crippen molar-refractivity contribution in [1.29, 1.82) is 0 Å². The zero-order valence-electron chi connectivity index (χ0n) is 17.0. The minimum Gasteiger partial charge on any atom is -0.331 e. The summed E-state index contributed by atoms with van der Waals surface area (Å²) >= 11 is 0. The molecule has 10 heteroatoms. The smallest absolute Gasteiger partial charge is 0.331 e. The molecule has 164 valence electrons. The fourth-order valence-corrected chi connectivity index (χ4v) is 5.06. The summed E-state index contributed by atoms with van der Waals surface area (Å²) in [5.74, 6) is 1.12. The van der Waals surface area contributed by atoms with Crippen LogP contribution in [0.1, 0.15) is 30.0 Å². The van der Waals surface area contributed by atoms with Crippen LogP contribution < -0.4 is 10.6 Å². The summed E-state index contributed by atoms with van der Waals surface area (Å²) in [4.78, 5) is 20.2. The molecule has 7 nitrogen and oxygen atoms in total. The maximum Gasteiger partial charge on any atom is 0.416 e. The second kappa shape index (κ2) is 7.45. The average molecular weight is 431 g/mol. The molecule has 3 aromatic rings. The Bertz CT molecular complexity index is 1060. The Balaban J connectivity index is 1.53. The van der Waals surface area contributed by atoms with Crippen molar-refractivity contribution < 1.29 is 13.2 Å². The number of nitrogens with zero attached hydrogens (tertiary/aromatic N) is 5. The molecule has 2 aromatic heterocycles. The summed E-state index contributed by atoms with van der Waals surface area (Å²) < 4.78 is 39.3. The van der Waals surface area contributed by atoms with Crippen LogP contribution in [-0.2, 0) is 6.18 Å². The molecule has 4 heterocycles. The molecule has 0 radical (unpaired) electrons. The van der Waals surface area contributed by atoms with Gasteiger partial charge in [-0.25, -0.2) is 15.0 Å². The van der Waals surface area contributed by atoms with Crippen molar-refractivity contribution in [2.24, 2.45) is 17.6 Å². The van der Waals surface area contributed by atoms with Gasteiger partial charge in [0.05, 0.1) is 24.1 Å². The summed E-state index contributed by atoms with van der Waals surface area (Å²) in [7, 11) is 2.10. The molecule has 0 aliphatic carbocycles. The molecule has 3 unspecified atom stereocenters. The summed E-state index contributed by atoms with van der Waals surface area (Å²) in [6, 6.07) is 5.26. The number of halogens is 3. The van der Waals surface area contributed by atoms with Gasteiger partial charge in [-0.05, 0) is 56.6 Å². The summed E-state index contributed by atoms with van der Waals surface area (Å²) in [5.41, 5.74) is 8.05. The van der Waals surface area contributed by atoms with Gasteiger partial charge in [0, 0.05) is 5.92 Å². The number of aromatic nitrogens is 4. The van der Waals surface area contributed by atoms with Gasteiger partial charge in [-0.1, -0.05) is 12.1 Å². The number of likely N-dealkylation sites (tertiary alicyclic amines) is 1. The van der Waals surface area contributed by atoms with Crippen LogP contribution in [0.3, 0.4) is 0 Å². The number of rotatable bonds is 3. The number of hydrogen-bond donors (Lipinski definition) is 2. The zero-order chi connectivity index (χ0) is 21.8. The van der Waals surface area contributed by atoms with Crippen molar-refractivity contribution >= 4 is 17.0 Å². The summed E-state index contributed by atoms with van der Waals surface area (Å²) in [5, 5.41) is 0. The van der Waals surface area contributed by atoms with E-state index in [2.05, 4.69) is 31.9 Å². The largest absolute Gasteiger partial charge is 0.416 e. The number of piperidine rings is 1. The van der Waals surface area contributed by atoms with Crippen LogP contribution in [0.5, 0.6) is 0 Å². The molecular weight excluding hydrogens is 407 g/mol. The molecule has 31 heavy (non-hydrogen) atoms. The average Bonchev–Trinajstić information content (AvgIpc) is 3.23. The number of anilines is 1. The van der Waals surface area contributed by atoms with Crippen LogP contribution in [0.2, 0.25) is 0 Å². The molecule has 2 saturated heterocycles. The Morgan fingerprint density at radius 2 is 1.77 bits per heavy atom. The Kier molecular flexibility index (Phi) is 4.86. The van der Waals surface area contributed by atoms with Gasteiger partial charge in [0.1, 0.15) is 11.8 Å². The standard InChI is InChI=1S/C21H24F3N7/c1-30-8-6-12(7-9-30)15-17(13-2-4-14(5-3-13)21(22,23)24)31(18(15)25)20-16-19(27-10-26-16)28-11-29-20/h2-5,10-12,15,17-18H,6-9,25H2,1H3,(H,26,27,28,29). The Labute approximate surface area is 177 Å². The van der Waals surface area contributed by atoms with Crippen LogP contribution in [0.15, 0.2) is 36.9 Å². The molecule has 1 aromatic carbocycles. The van der Waals surface area contributed by atoms with Crippen LogP contribution in [0, 0.1) is 11.8 Å². The maximum absolute atomic E-state index is 13.1. The van der Waals surface area contributed by atoms with Crippen molar-refractivity contribution in [1.82, 2.24) is 24.8 Å². The predicted octanol–water partition coefficient (Wildman–Crippen LogP) is 3.18. The molecule has 5 rings (SSSR count). The number of imidazole rings is 1. The van der Waals surface area contributed by atoms with Gasteiger partial charge in [-0.15, -0.1) is 0 Å². The number of benzene rings is 1. The first-order valence-corrected chi connectivity index (χ1v) is 10.4. The molecule has 0 saturated carbocycles. The van der Waals surface area contributed by atoms with E-state index < -0.39 is 11.7 Å². The van der Waals surface area contributed by atoms with E-state index in [1.807, 2.05) is 4.90 Å². The molecule has 2 fully saturated rings. The van der Waals surface area contributed by atoms with Crippen molar-refractivity contribution in [3.05, 3.63) is 48.0 Å². The van der Waals surface area contributed by atoms with Gasteiger partial charge in [0.2, 0.25) is 0 Å². The highest BCUT2D eigenvalue weighted by atomic mass is 19.4. The highest BCUT2D eigenvalue weighted by Gasteiger charge is 2.52. The monoisotopic (exact) mass is 431 g/mol. The van der Waals surface area contributed by atoms with E-state index in [4.69, 9.17) is 5.73 Å². The van der Waals surface area contributed by atoms with Crippen LogP contribution in [0.25, 0.3) is 11.2 Å². The fourth-order valence-electron chi connectivity index (χ4n) is 5.06. The van der Waals surface area contributed by atoms with Gasteiger partial charge in [-0.2, -0.15) is 13.2 Å². The van der Waals surface area contributed by atoms with Crippen LogP contribution in [0.4, 0.5) is 19.0 Å². The maximum atomic E-state index is 13.1. The summed E-state index contributed by atoms with van der Waals surface area (Å²) in [6.45, 7) is 1.98. The van der Waals surface area contributed by atoms with Gasteiger partial charge in [0.15, 0.2) is 11.5 Å². The number of H-pyrrole nitrogens is 1. The normalized spacial score (nSPS) is 25.7. The molecule has 2 aliphatic heterocycles. The number of nitrogens with one attached hydrogen (secondary N) is 1. The first-order chi connectivity index (χ1) is 14.8. The third-order valence-corrected chi connectivity index (χ3v) is 6.71. The highest BCUT2D eigenvalue weighted by molar-refractivity contribution is 5.83. The molecule has 0 spiro atoms. The Hall–Kier alpha value is -2.72. The fraction of sp³-hybridized carbons (Fsp3) is 0.476. The van der Waals surface area contributed by atoms with E-state index >= 15 is 0 Å². The van der Waals surface area contributed by atoms with Crippen LogP contribution >= 0.6 is 0 Å². The first-order valence-electron chi connectivity index (χ1n) is 10.4. The number of fused-ring (bicyclic) bond motifs is 1. The minimum absolute atomic E-state index is 0.120. The van der Waals surface area contributed by atoms with E-state index in [9.17, 15) is 13.2 Å². The van der Waals surface area contributed by atoms with E-state index in [1.165, 1.54) is 6.33 Å². The molecule has 3 atom stereocenters. The predicted molar refractivity (Wildman–Crippen MR) is 110 cm³/mol. The lowest BCUT2D eigenvalue weighted by atomic mass is 9.69. The van der Waals surface area contributed by atoms with Gasteiger partial charge >= 0.3 is 6.18 Å².